The van der Waals surface area contributed by atoms with E-state index in [9.17, 15) is 13.2 Å². The van der Waals surface area contributed by atoms with Gasteiger partial charge in [0.2, 0.25) is 6.10 Å². The van der Waals surface area contributed by atoms with Crippen LogP contribution in [0.1, 0.15) is 0 Å². The van der Waals surface area contributed by atoms with Crippen LogP contribution in [0.5, 0.6) is 11.5 Å². The third-order valence-corrected chi connectivity index (χ3v) is 5.66. The Kier molecular flexibility index (Phi) is 5.09. The van der Waals surface area contributed by atoms with E-state index in [4.69, 9.17) is 9.47 Å². The molecule has 1 amide bonds. The molecule has 4 rings (SSSR count). The van der Waals surface area contributed by atoms with Crippen molar-refractivity contribution in [3.05, 3.63) is 78.9 Å². The smallest absolute Gasteiger partial charge is 0.269 e. The summed E-state index contributed by atoms with van der Waals surface area (Å²) in [4.78, 5) is 12.5. The van der Waals surface area contributed by atoms with Gasteiger partial charge in [0.05, 0.1) is 4.90 Å². The van der Waals surface area contributed by atoms with Crippen molar-refractivity contribution in [2.75, 3.05) is 16.6 Å². The lowest BCUT2D eigenvalue weighted by Crippen LogP contribution is -2.40. The fourth-order valence-electron chi connectivity index (χ4n) is 2.81. The molecular formula is C21H18N2O5S. The van der Waals surface area contributed by atoms with Gasteiger partial charge in [-0.2, -0.15) is 0 Å². The summed E-state index contributed by atoms with van der Waals surface area (Å²) in [6.07, 6.45) is -0.798. The third kappa shape index (κ3) is 4.33. The number of para-hydroxylation sites is 3. The van der Waals surface area contributed by atoms with E-state index in [2.05, 4.69) is 10.0 Å². The fourth-order valence-corrected chi connectivity index (χ4v) is 3.87. The second-order valence-electron chi connectivity index (χ2n) is 6.35. The highest BCUT2D eigenvalue weighted by Crippen LogP contribution is 2.31. The molecule has 0 bridgehead atoms. The summed E-state index contributed by atoms with van der Waals surface area (Å²) >= 11 is 0. The molecule has 0 aromatic heterocycles. The van der Waals surface area contributed by atoms with Crippen molar-refractivity contribution in [3.8, 4) is 11.5 Å². The molecule has 3 aromatic rings. The van der Waals surface area contributed by atoms with Gasteiger partial charge in [0.1, 0.15) is 6.61 Å². The summed E-state index contributed by atoms with van der Waals surface area (Å²) in [6, 6.07) is 21.6. The molecule has 2 N–H and O–H groups in total. The van der Waals surface area contributed by atoms with E-state index in [1.54, 1.807) is 48.5 Å². The van der Waals surface area contributed by atoms with Gasteiger partial charge in [-0.25, -0.2) is 8.42 Å². The Morgan fingerprint density at radius 2 is 1.48 bits per heavy atom. The molecule has 0 radical (unpaired) electrons. The van der Waals surface area contributed by atoms with Gasteiger partial charge in [0, 0.05) is 11.4 Å². The predicted molar refractivity (Wildman–Crippen MR) is 109 cm³/mol. The first-order valence-electron chi connectivity index (χ1n) is 8.88. The van der Waals surface area contributed by atoms with Crippen LogP contribution in [0.15, 0.2) is 83.8 Å². The topological polar surface area (TPSA) is 93.7 Å². The van der Waals surface area contributed by atoms with Gasteiger partial charge in [-0.05, 0) is 48.5 Å². The quantitative estimate of drug-likeness (QED) is 0.673. The van der Waals surface area contributed by atoms with Crippen LogP contribution in [0.25, 0.3) is 0 Å². The van der Waals surface area contributed by atoms with Gasteiger partial charge >= 0.3 is 0 Å². The molecule has 7 nitrogen and oxygen atoms in total. The second-order valence-corrected chi connectivity index (χ2v) is 8.03. The monoisotopic (exact) mass is 410 g/mol. The number of rotatable bonds is 5. The number of hydrogen-bond acceptors (Lipinski definition) is 5. The lowest BCUT2D eigenvalue weighted by Gasteiger charge is -2.25. The average molecular weight is 410 g/mol. The van der Waals surface area contributed by atoms with Crippen LogP contribution in [0.3, 0.4) is 0 Å². The first-order valence-corrected chi connectivity index (χ1v) is 10.4. The Morgan fingerprint density at radius 1 is 0.828 bits per heavy atom. The van der Waals surface area contributed by atoms with Crippen LogP contribution in [0.4, 0.5) is 11.4 Å². The number of carbonyl (C=O) groups excluding carboxylic acids is 1. The molecule has 0 unspecified atom stereocenters. The molecule has 0 saturated carbocycles. The number of anilines is 2. The van der Waals surface area contributed by atoms with Crippen molar-refractivity contribution < 1.29 is 22.7 Å². The van der Waals surface area contributed by atoms with E-state index in [0.717, 1.165) is 0 Å². The first kappa shape index (κ1) is 18.8. The number of benzene rings is 3. The van der Waals surface area contributed by atoms with E-state index in [1.165, 1.54) is 24.3 Å². The molecule has 0 aliphatic carbocycles. The standard InChI is InChI=1S/C21H18N2O5S/c24-21(20-14-27-18-8-4-5-9-19(18)28-20)22-15-10-12-17(13-11-15)29(25,26)23-16-6-2-1-3-7-16/h1-13,20,23H,14H2,(H,22,24)/t20-/m1/s1. The third-order valence-electron chi connectivity index (χ3n) is 4.26. The Hall–Kier alpha value is -3.52. The Morgan fingerprint density at radius 3 is 2.21 bits per heavy atom. The SMILES string of the molecule is O=C(Nc1ccc(S(=O)(=O)Nc2ccccc2)cc1)[C@H]1COc2ccccc2O1. The number of hydrogen-bond donors (Lipinski definition) is 2. The summed E-state index contributed by atoms with van der Waals surface area (Å²) < 4.78 is 38.6. The first-order chi connectivity index (χ1) is 14.0. The van der Waals surface area contributed by atoms with Gasteiger partial charge in [0.15, 0.2) is 11.5 Å². The van der Waals surface area contributed by atoms with Crippen LogP contribution in [0, 0.1) is 0 Å². The Balaban J connectivity index is 1.41. The zero-order valence-electron chi connectivity index (χ0n) is 15.2. The Labute approximate surface area is 168 Å². The maximum atomic E-state index is 12.5. The summed E-state index contributed by atoms with van der Waals surface area (Å²) in [6.45, 7) is 0.0936. The van der Waals surface area contributed by atoms with Crippen LogP contribution >= 0.6 is 0 Å². The largest absolute Gasteiger partial charge is 0.485 e. The molecule has 148 valence electrons. The van der Waals surface area contributed by atoms with E-state index >= 15 is 0 Å². The molecule has 0 fully saturated rings. The van der Waals surface area contributed by atoms with Crippen molar-refractivity contribution in [2.45, 2.75) is 11.0 Å². The van der Waals surface area contributed by atoms with Gasteiger partial charge in [-0.15, -0.1) is 0 Å². The highest BCUT2D eigenvalue weighted by molar-refractivity contribution is 7.92. The molecule has 29 heavy (non-hydrogen) atoms. The van der Waals surface area contributed by atoms with Crippen molar-refractivity contribution in [1.82, 2.24) is 0 Å². The normalized spacial score (nSPS) is 15.4. The van der Waals surface area contributed by atoms with Gasteiger partial charge in [-0.1, -0.05) is 30.3 Å². The van der Waals surface area contributed by atoms with Crippen LogP contribution < -0.4 is 19.5 Å². The minimum atomic E-state index is -3.72. The minimum absolute atomic E-state index is 0.0885. The minimum Gasteiger partial charge on any atom is -0.485 e. The zero-order valence-corrected chi connectivity index (χ0v) is 16.1. The highest BCUT2D eigenvalue weighted by atomic mass is 32.2. The highest BCUT2D eigenvalue weighted by Gasteiger charge is 2.27. The van der Waals surface area contributed by atoms with Crippen molar-refractivity contribution in [1.29, 1.82) is 0 Å². The molecule has 1 aliphatic heterocycles. The van der Waals surface area contributed by atoms with Crippen LogP contribution in [-0.4, -0.2) is 27.0 Å². The van der Waals surface area contributed by atoms with E-state index in [1.807, 2.05) is 6.07 Å². The molecule has 3 aromatic carbocycles. The average Bonchev–Trinajstić information content (AvgIpc) is 2.74. The Bertz CT molecular complexity index is 1120. The summed E-state index contributed by atoms with van der Waals surface area (Å²) in [5, 5.41) is 2.71. The number of amides is 1. The molecule has 1 heterocycles. The molecule has 1 aliphatic rings. The van der Waals surface area contributed by atoms with Crippen molar-refractivity contribution in [2.24, 2.45) is 0 Å². The van der Waals surface area contributed by atoms with E-state index in [-0.39, 0.29) is 17.4 Å². The number of nitrogens with one attached hydrogen (secondary N) is 2. The number of carbonyl (C=O) groups is 1. The van der Waals surface area contributed by atoms with Crippen LogP contribution in [-0.2, 0) is 14.8 Å². The molecule has 0 spiro atoms. The number of ether oxygens (including phenoxy) is 2. The summed E-state index contributed by atoms with van der Waals surface area (Å²) in [7, 11) is -3.72. The maximum Gasteiger partial charge on any atom is 0.269 e. The number of sulfonamides is 1. The second kappa shape index (κ2) is 7.84. The van der Waals surface area contributed by atoms with Gasteiger partial charge in [-0.3, -0.25) is 9.52 Å². The van der Waals surface area contributed by atoms with E-state index < -0.39 is 16.1 Å². The molecular weight excluding hydrogens is 392 g/mol. The zero-order chi connectivity index (χ0) is 20.3. The summed E-state index contributed by atoms with van der Waals surface area (Å²) in [5.74, 6) is 0.724. The lowest BCUT2D eigenvalue weighted by atomic mass is 10.2. The lowest BCUT2D eigenvalue weighted by molar-refractivity contribution is -0.125. The molecule has 0 saturated heterocycles. The fraction of sp³-hybridized carbons (Fsp3) is 0.0952. The van der Waals surface area contributed by atoms with Crippen molar-refractivity contribution in [3.63, 3.8) is 0 Å². The predicted octanol–water partition coefficient (Wildman–Crippen LogP) is 3.27. The molecule has 1 atom stereocenters. The number of fused-ring (bicyclic) bond motifs is 1. The van der Waals surface area contributed by atoms with E-state index in [0.29, 0.717) is 22.9 Å². The van der Waals surface area contributed by atoms with Gasteiger partial charge < -0.3 is 14.8 Å². The van der Waals surface area contributed by atoms with Crippen LogP contribution in [0.2, 0.25) is 0 Å². The maximum absolute atomic E-state index is 12.5. The van der Waals surface area contributed by atoms with Gasteiger partial charge in [0.25, 0.3) is 15.9 Å². The van der Waals surface area contributed by atoms with Crippen molar-refractivity contribution >= 4 is 27.3 Å². The summed E-state index contributed by atoms with van der Waals surface area (Å²) in [5.41, 5.74) is 0.927. The molecule has 8 heteroatoms.